The van der Waals surface area contributed by atoms with Crippen LogP contribution in [-0.2, 0) is 4.79 Å². The van der Waals surface area contributed by atoms with Gasteiger partial charge in [0, 0.05) is 10.9 Å². The zero-order chi connectivity index (χ0) is 19.1. The molecule has 2 aromatic carbocycles. The van der Waals surface area contributed by atoms with Crippen LogP contribution in [-0.4, -0.2) is 30.2 Å². The van der Waals surface area contributed by atoms with Gasteiger partial charge in [-0.1, -0.05) is 12.1 Å². The van der Waals surface area contributed by atoms with Gasteiger partial charge in [0.15, 0.2) is 0 Å². The molecule has 0 heterocycles. The van der Waals surface area contributed by atoms with Gasteiger partial charge < -0.3 is 15.4 Å². The van der Waals surface area contributed by atoms with Crippen molar-refractivity contribution in [3.63, 3.8) is 0 Å². The normalized spacial score (nSPS) is 11.7. The van der Waals surface area contributed by atoms with Crippen LogP contribution in [0.1, 0.15) is 31.1 Å². The van der Waals surface area contributed by atoms with Gasteiger partial charge >= 0.3 is 0 Å². The fourth-order valence-corrected chi connectivity index (χ4v) is 3.14. The Balaban J connectivity index is 2.05. The molecule has 0 aliphatic rings. The molecule has 6 heteroatoms. The van der Waals surface area contributed by atoms with Crippen LogP contribution in [0.3, 0.4) is 0 Å². The highest BCUT2D eigenvalue weighted by Crippen LogP contribution is 2.26. The number of carbonyl (C=O) groups is 2. The van der Waals surface area contributed by atoms with Crippen LogP contribution >= 0.6 is 11.8 Å². The van der Waals surface area contributed by atoms with E-state index in [2.05, 4.69) is 10.6 Å². The zero-order valence-corrected chi connectivity index (χ0v) is 16.2. The fourth-order valence-electron chi connectivity index (χ4n) is 2.28. The van der Waals surface area contributed by atoms with Crippen LogP contribution in [0, 0.1) is 0 Å². The molecule has 2 aromatic rings. The van der Waals surface area contributed by atoms with E-state index in [1.54, 1.807) is 31.4 Å². The van der Waals surface area contributed by atoms with Gasteiger partial charge in [0.2, 0.25) is 5.91 Å². The Bertz CT molecular complexity index is 760. The van der Waals surface area contributed by atoms with E-state index in [-0.39, 0.29) is 23.1 Å². The summed E-state index contributed by atoms with van der Waals surface area (Å²) >= 11 is 1.45. The molecule has 2 rings (SSSR count). The standard InChI is InChI=1S/C20H24N2O3S/c1-13(2)21-20(24)17-7-5-6-8-18(17)22-19(23)14(3)26-16-11-9-15(25-4)10-12-16/h5-14H,1-4H3,(H,21,24)(H,22,23)/t14-/m1/s1. The minimum atomic E-state index is -0.315. The second kappa shape index (κ2) is 9.29. The molecule has 2 N–H and O–H groups in total. The van der Waals surface area contributed by atoms with Gasteiger partial charge in [-0.15, -0.1) is 11.8 Å². The van der Waals surface area contributed by atoms with E-state index in [9.17, 15) is 9.59 Å². The van der Waals surface area contributed by atoms with Gasteiger partial charge in [0.25, 0.3) is 5.91 Å². The molecule has 138 valence electrons. The molecule has 0 spiro atoms. The third-order valence-corrected chi connectivity index (χ3v) is 4.70. The number of ether oxygens (including phenoxy) is 1. The lowest BCUT2D eigenvalue weighted by atomic mass is 10.1. The molecule has 0 saturated heterocycles. The van der Waals surface area contributed by atoms with E-state index in [4.69, 9.17) is 4.74 Å². The van der Waals surface area contributed by atoms with Crippen molar-refractivity contribution < 1.29 is 14.3 Å². The Morgan fingerprint density at radius 2 is 1.65 bits per heavy atom. The summed E-state index contributed by atoms with van der Waals surface area (Å²) in [6, 6.07) is 14.6. The highest BCUT2D eigenvalue weighted by Gasteiger charge is 2.18. The van der Waals surface area contributed by atoms with Crippen molar-refractivity contribution >= 4 is 29.3 Å². The summed E-state index contributed by atoms with van der Waals surface area (Å²) in [7, 11) is 1.62. The van der Waals surface area contributed by atoms with Crippen molar-refractivity contribution in [2.45, 2.75) is 37.0 Å². The second-order valence-corrected chi connectivity index (χ2v) is 7.51. The van der Waals surface area contributed by atoms with Crippen LogP contribution in [0.15, 0.2) is 53.4 Å². The highest BCUT2D eigenvalue weighted by atomic mass is 32.2. The van der Waals surface area contributed by atoms with Gasteiger partial charge in [-0.2, -0.15) is 0 Å². The van der Waals surface area contributed by atoms with Crippen molar-refractivity contribution in [1.82, 2.24) is 5.32 Å². The first kappa shape index (κ1) is 19.8. The van der Waals surface area contributed by atoms with Gasteiger partial charge in [-0.05, 0) is 57.2 Å². The lowest BCUT2D eigenvalue weighted by Crippen LogP contribution is -2.31. The number of rotatable bonds is 7. The Hall–Kier alpha value is -2.47. The summed E-state index contributed by atoms with van der Waals surface area (Å²) in [6.45, 7) is 5.63. The molecule has 0 aliphatic carbocycles. The fraction of sp³-hybridized carbons (Fsp3) is 0.300. The van der Waals surface area contributed by atoms with Crippen LogP contribution < -0.4 is 15.4 Å². The molecule has 0 aliphatic heterocycles. The number of carbonyl (C=O) groups excluding carboxylic acids is 2. The topological polar surface area (TPSA) is 67.4 Å². The van der Waals surface area contributed by atoms with E-state index in [0.717, 1.165) is 10.6 Å². The van der Waals surface area contributed by atoms with Gasteiger partial charge in [-0.3, -0.25) is 9.59 Å². The predicted molar refractivity (Wildman–Crippen MR) is 106 cm³/mol. The van der Waals surface area contributed by atoms with Gasteiger partial charge in [0.05, 0.1) is 23.6 Å². The maximum atomic E-state index is 12.5. The lowest BCUT2D eigenvalue weighted by Gasteiger charge is -2.15. The number of para-hydroxylation sites is 1. The first-order valence-electron chi connectivity index (χ1n) is 8.42. The van der Waals surface area contributed by atoms with Crippen LogP contribution in [0.4, 0.5) is 5.69 Å². The molecular weight excluding hydrogens is 348 g/mol. The summed E-state index contributed by atoms with van der Waals surface area (Å²) in [4.78, 5) is 25.8. The van der Waals surface area contributed by atoms with Gasteiger partial charge in [-0.25, -0.2) is 0 Å². The van der Waals surface area contributed by atoms with E-state index in [1.807, 2.05) is 45.0 Å². The molecule has 2 amide bonds. The summed E-state index contributed by atoms with van der Waals surface area (Å²) in [5.41, 5.74) is 0.967. The molecule has 0 bridgehead atoms. The predicted octanol–water partition coefficient (Wildman–Crippen LogP) is 3.95. The molecule has 26 heavy (non-hydrogen) atoms. The highest BCUT2D eigenvalue weighted by molar-refractivity contribution is 8.00. The number of methoxy groups -OCH3 is 1. The lowest BCUT2D eigenvalue weighted by molar-refractivity contribution is -0.115. The average molecular weight is 372 g/mol. The molecule has 0 radical (unpaired) electrons. The Kier molecular flexibility index (Phi) is 7.09. The van der Waals surface area contributed by atoms with E-state index in [1.165, 1.54) is 11.8 Å². The maximum Gasteiger partial charge on any atom is 0.253 e. The largest absolute Gasteiger partial charge is 0.497 e. The summed E-state index contributed by atoms with van der Waals surface area (Å²) in [5.74, 6) is 0.415. The first-order valence-corrected chi connectivity index (χ1v) is 9.30. The first-order chi connectivity index (χ1) is 12.4. The van der Waals surface area contributed by atoms with E-state index >= 15 is 0 Å². The summed E-state index contributed by atoms with van der Waals surface area (Å²) < 4.78 is 5.14. The SMILES string of the molecule is COc1ccc(S[C@H](C)C(=O)Nc2ccccc2C(=O)NC(C)C)cc1. The molecule has 0 unspecified atom stereocenters. The number of anilines is 1. The van der Waals surface area contributed by atoms with E-state index in [0.29, 0.717) is 11.3 Å². The third-order valence-electron chi connectivity index (χ3n) is 3.59. The molecule has 0 saturated carbocycles. The number of thioether (sulfide) groups is 1. The summed E-state index contributed by atoms with van der Waals surface area (Å²) in [5, 5.41) is 5.39. The molecule has 0 fully saturated rings. The average Bonchev–Trinajstić information content (AvgIpc) is 2.62. The van der Waals surface area contributed by atoms with Crippen molar-refractivity contribution in [3.05, 3.63) is 54.1 Å². The number of hydrogen-bond acceptors (Lipinski definition) is 4. The maximum absolute atomic E-state index is 12.5. The van der Waals surface area contributed by atoms with Crippen molar-refractivity contribution in [2.75, 3.05) is 12.4 Å². The number of amides is 2. The third kappa shape index (κ3) is 5.52. The second-order valence-electron chi connectivity index (χ2n) is 6.10. The minimum absolute atomic E-state index is 0.0239. The molecular formula is C20H24N2O3S. The number of benzene rings is 2. The van der Waals surface area contributed by atoms with Gasteiger partial charge in [0.1, 0.15) is 5.75 Å². The van der Waals surface area contributed by atoms with Crippen LogP contribution in [0.25, 0.3) is 0 Å². The van der Waals surface area contributed by atoms with Crippen molar-refractivity contribution in [3.8, 4) is 5.75 Å². The zero-order valence-electron chi connectivity index (χ0n) is 15.4. The minimum Gasteiger partial charge on any atom is -0.497 e. The quantitative estimate of drug-likeness (QED) is 0.722. The van der Waals surface area contributed by atoms with Crippen LogP contribution in [0.2, 0.25) is 0 Å². The Morgan fingerprint density at radius 1 is 1.00 bits per heavy atom. The number of hydrogen-bond donors (Lipinski definition) is 2. The smallest absolute Gasteiger partial charge is 0.253 e. The molecule has 0 aromatic heterocycles. The van der Waals surface area contributed by atoms with Crippen molar-refractivity contribution in [2.24, 2.45) is 0 Å². The number of nitrogens with one attached hydrogen (secondary N) is 2. The summed E-state index contributed by atoms with van der Waals surface area (Å²) in [6.07, 6.45) is 0. The molecule has 5 nitrogen and oxygen atoms in total. The Morgan fingerprint density at radius 3 is 2.27 bits per heavy atom. The van der Waals surface area contributed by atoms with E-state index < -0.39 is 0 Å². The van der Waals surface area contributed by atoms with Crippen molar-refractivity contribution in [1.29, 1.82) is 0 Å². The van der Waals surface area contributed by atoms with Crippen LogP contribution in [0.5, 0.6) is 5.75 Å². The Labute approximate surface area is 158 Å². The molecule has 1 atom stereocenters. The monoisotopic (exact) mass is 372 g/mol.